The molecular formula is C10H20ClNO. The van der Waals surface area contributed by atoms with Crippen molar-refractivity contribution in [2.75, 3.05) is 32.2 Å². The Kier molecular flexibility index (Phi) is 5.07. The molecule has 0 saturated carbocycles. The number of hydrogen-bond donors (Lipinski definition) is 0. The lowest BCUT2D eigenvalue weighted by molar-refractivity contribution is -0.0240. The van der Waals surface area contributed by atoms with Crippen LogP contribution in [0.2, 0.25) is 0 Å². The summed E-state index contributed by atoms with van der Waals surface area (Å²) < 4.78 is 5.48. The lowest BCUT2D eigenvalue weighted by atomic mass is 10.0. The van der Waals surface area contributed by atoms with Gasteiger partial charge < -0.3 is 4.74 Å². The number of hydrogen-bond acceptors (Lipinski definition) is 2. The van der Waals surface area contributed by atoms with E-state index < -0.39 is 0 Å². The van der Waals surface area contributed by atoms with Crippen LogP contribution in [0.4, 0.5) is 0 Å². The number of morpholine rings is 1. The molecule has 1 rings (SSSR count). The predicted molar refractivity (Wildman–Crippen MR) is 56.4 cm³/mol. The van der Waals surface area contributed by atoms with Crippen LogP contribution in [0.5, 0.6) is 0 Å². The fourth-order valence-corrected chi connectivity index (χ4v) is 1.93. The van der Waals surface area contributed by atoms with E-state index in [9.17, 15) is 0 Å². The van der Waals surface area contributed by atoms with Crippen molar-refractivity contribution in [3.8, 4) is 0 Å². The lowest BCUT2D eigenvalue weighted by Crippen LogP contribution is -2.48. The Labute approximate surface area is 86.2 Å². The van der Waals surface area contributed by atoms with Crippen LogP contribution in [0.25, 0.3) is 0 Å². The third-order valence-corrected chi connectivity index (χ3v) is 2.90. The second kappa shape index (κ2) is 5.84. The zero-order valence-corrected chi connectivity index (χ0v) is 9.39. The first-order valence-electron chi connectivity index (χ1n) is 5.13. The van der Waals surface area contributed by atoms with Gasteiger partial charge in [-0.15, -0.1) is 11.6 Å². The first kappa shape index (κ1) is 11.3. The van der Waals surface area contributed by atoms with Crippen molar-refractivity contribution >= 4 is 11.6 Å². The molecule has 1 aliphatic rings. The monoisotopic (exact) mass is 205 g/mol. The van der Waals surface area contributed by atoms with Crippen LogP contribution in [0.15, 0.2) is 0 Å². The summed E-state index contributed by atoms with van der Waals surface area (Å²) >= 11 is 5.69. The second-order valence-electron chi connectivity index (χ2n) is 3.96. The number of rotatable bonds is 4. The van der Waals surface area contributed by atoms with Crippen molar-refractivity contribution in [2.45, 2.75) is 26.3 Å². The predicted octanol–water partition coefficient (Wildman–Crippen LogP) is 1.97. The normalized spacial score (nSPS) is 25.4. The average Bonchev–Trinajstić information content (AvgIpc) is 2.15. The molecule has 1 fully saturated rings. The zero-order valence-electron chi connectivity index (χ0n) is 8.63. The summed E-state index contributed by atoms with van der Waals surface area (Å²) in [7, 11) is 0. The molecule has 0 bridgehead atoms. The van der Waals surface area contributed by atoms with Gasteiger partial charge in [0.1, 0.15) is 0 Å². The van der Waals surface area contributed by atoms with Crippen molar-refractivity contribution < 1.29 is 4.74 Å². The van der Waals surface area contributed by atoms with Crippen LogP contribution in [-0.4, -0.2) is 43.1 Å². The standard InChI is InChI=1S/C10H20ClNO/c1-9(2)10-8-13-7-6-12(10)5-3-4-11/h9-10H,3-8H2,1-2H3/t10-/m0/s1. The molecule has 0 radical (unpaired) electrons. The highest BCUT2D eigenvalue weighted by atomic mass is 35.5. The minimum atomic E-state index is 0.594. The molecule has 13 heavy (non-hydrogen) atoms. The molecule has 0 aromatic rings. The molecular weight excluding hydrogens is 186 g/mol. The summed E-state index contributed by atoms with van der Waals surface area (Å²) in [5.41, 5.74) is 0. The Morgan fingerprint density at radius 2 is 2.31 bits per heavy atom. The molecule has 1 heterocycles. The van der Waals surface area contributed by atoms with E-state index in [2.05, 4.69) is 18.7 Å². The van der Waals surface area contributed by atoms with Gasteiger partial charge in [0.05, 0.1) is 13.2 Å². The largest absolute Gasteiger partial charge is 0.378 e. The molecule has 0 amide bonds. The molecule has 0 aromatic heterocycles. The molecule has 0 N–H and O–H groups in total. The fraction of sp³-hybridized carbons (Fsp3) is 1.00. The molecule has 3 heteroatoms. The first-order valence-corrected chi connectivity index (χ1v) is 5.67. The second-order valence-corrected chi connectivity index (χ2v) is 4.34. The van der Waals surface area contributed by atoms with Gasteiger partial charge >= 0.3 is 0 Å². The summed E-state index contributed by atoms with van der Waals surface area (Å²) in [4.78, 5) is 2.51. The van der Waals surface area contributed by atoms with E-state index in [1.165, 1.54) is 0 Å². The van der Waals surface area contributed by atoms with Crippen molar-refractivity contribution in [3.63, 3.8) is 0 Å². The van der Waals surface area contributed by atoms with Gasteiger partial charge in [0, 0.05) is 18.5 Å². The molecule has 1 aliphatic heterocycles. The molecule has 0 aromatic carbocycles. The van der Waals surface area contributed by atoms with E-state index in [0.29, 0.717) is 12.0 Å². The van der Waals surface area contributed by atoms with Crippen LogP contribution >= 0.6 is 11.6 Å². The lowest BCUT2D eigenvalue weighted by Gasteiger charge is -2.37. The number of alkyl halides is 1. The Bertz CT molecular complexity index is 141. The summed E-state index contributed by atoms with van der Waals surface area (Å²) in [6.45, 7) is 8.47. The summed E-state index contributed by atoms with van der Waals surface area (Å²) in [6, 6.07) is 0.594. The molecule has 0 aliphatic carbocycles. The highest BCUT2D eigenvalue weighted by molar-refractivity contribution is 6.17. The fourth-order valence-electron chi connectivity index (χ4n) is 1.81. The minimum Gasteiger partial charge on any atom is -0.378 e. The number of ether oxygens (including phenoxy) is 1. The van der Waals surface area contributed by atoms with Gasteiger partial charge in [-0.25, -0.2) is 0 Å². The SMILES string of the molecule is CC(C)[C@@H]1COCCN1CCCCl. The van der Waals surface area contributed by atoms with Gasteiger partial charge in [0.2, 0.25) is 0 Å². The van der Waals surface area contributed by atoms with E-state index in [1.807, 2.05) is 0 Å². The third kappa shape index (κ3) is 3.45. The summed E-state index contributed by atoms with van der Waals surface area (Å²) in [5.74, 6) is 1.44. The molecule has 0 spiro atoms. The Morgan fingerprint density at radius 1 is 1.54 bits per heavy atom. The minimum absolute atomic E-state index is 0.594. The van der Waals surface area contributed by atoms with Crippen molar-refractivity contribution in [1.82, 2.24) is 4.90 Å². The first-order chi connectivity index (χ1) is 6.25. The van der Waals surface area contributed by atoms with Gasteiger partial charge in [0.25, 0.3) is 0 Å². The maximum Gasteiger partial charge on any atom is 0.0624 e. The van der Waals surface area contributed by atoms with Crippen molar-refractivity contribution in [3.05, 3.63) is 0 Å². The average molecular weight is 206 g/mol. The summed E-state index contributed by atoms with van der Waals surface area (Å²) in [5, 5.41) is 0. The molecule has 1 saturated heterocycles. The van der Waals surface area contributed by atoms with Gasteiger partial charge in [-0.2, -0.15) is 0 Å². The van der Waals surface area contributed by atoms with Crippen LogP contribution in [-0.2, 0) is 4.74 Å². The topological polar surface area (TPSA) is 12.5 Å². The molecule has 1 atom stereocenters. The molecule has 2 nitrogen and oxygen atoms in total. The molecule has 0 unspecified atom stereocenters. The van der Waals surface area contributed by atoms with E-state index >= 15 is 0 Å². The van der Waals surface area contributed by atoms with Gasteiger partial charge in [-0.05, 0) is 18.9 Å². The molecule has 78 valence electrons. The van der Waals surface area contributed by atoms with E-state index in [0.717, 1.165) is 38.6 Å². The van der Waals surface area contributed by atoms with Crippen LogP contribution in [0, 0.1) is 5.92 Å². The number of nitrogens with zero attached hydrogens (tertiary/aromatic N) is 1. The quantitative estimate of drug-likeness (QED) is 0.651. The maximum absolute atomic E-state index is 5.69. The van der Waals surface area contributed by atoms with E-state index in [1.54, 1.807) is 0 Å². The van der Waals surface area contributed by atoms with Crippen LogP contribution in [0.1, 0.15) is 20.3 Å². The van der Waals surface area contributed by atoms with Crippen LogP contribution < -0.4 is 0 Å². The Balaban J connectivity index is 2.37. The van der Waals surface area contributed by atoms with Gasteiger partial charge in [-0.1, -0.05) is 13.8 Å². The van der Waals surface area contributed by atoms with E-state index in [4.69, 9.17) is 16.3 Å². The Morgan fingerprint density at radius 3 is 2.92 bits per heavy atom. The van der Waals surface area contributed by atoms with Gasteiger partial charge in [0.15, 0.2) is 0 Å². The Hall–Kier alpha value is 0.210. The third-order valence-electron chi connectivity index (χ3n) is 2.63. The maximum atomic E-state index is 5.69. The van der Waals surface area contributed by atoms with Gasteiger partial charge in [-0.3, -0.25) is 4.90 Å². The van der Waals surface area contributed by atoms with E-state index in [-0.39, 0.29) is 0 Å². The smallest absolute Gasteiger partial charge is 0.0624 e. The highest BCUT2D eigenvalue weighted by Crippen LogP contribution is 2.15. The van der Waals surface area contributed by atoms with Crippen molar-refractivity contribution in [2.24, 2.45) is 5.92 Å². The number of halogens is 1. The highest BCUT2D eigenvalue weighted by Gasteiger charge is 2.24. The summed E-state index contributed by atoms with van der Waals surface area (Å²) in [6.07, 6.45) is 1.09. The van der Waals surface area contributed by atoms with Crippen molar-refractivity contribution in [1.29, 1.82) is 0 Å². The van der Waals surface area contributed by atoms with Crippen LogP contribution in [0.3, 0.4) is 0 Å². The zero-order chi connectivity index (χ0) is 9.68.